The molecule has 5 aromatic rings. The van der Waals surface area contributed by atoms with Gasteiger partial charge >= 0.3 is 0 Å². The van der Waals surface area contributed by atoms with Gasteiger partial charge in [-0.15, -0.1) is 0 Å². The Labute approximate surface area is 205 Å². The molecule has 1 aliphatic heterocycles. The maximum atomic E-state index is 6.46. The van der Waals surface area contributed by atoms with Crippen LogP contribution >= 0.6 is 0 Å². The Hall–Kier alpha value is -3.77. The third-order valence-corrected chi connectivity index (χ3v) is 7.51. The molecule has 0 saturated carbocycles. The van der Waals surface area contributed by atoms with Gasteiger partial charge in [0.1, 0.15) is 17.8 Å². The fourth-order valence-electron chi connectivity index (χ4n) is 5.50. The van der Waals surface area contributed by atoms with Crippen molar-refractivity contribution >= 4 is 27.8 Å². The smallest absolute Gasteiger partial charge is 0.146 e. The average Bonchev–Trinajstić information content (AvgIpc) is 3.30. The van der Waals surface area contributed by atoms with E-state index in [4.69, 9.17) is 15.7 Å². The van der Waals surface area contributed by atoms with Crippen LogP contribution < -0.4 is 5.73 Å². The van der Waals surface area contributed by atoms with Crippen LogP contribution in [0.2, 0.25) is 0 Å². The number of benzene rings is 2. The summed E-state index contributed by atoms with van der Waals surface area (Å²) < 4.78 is 2.34. The van der Waals surface area contributed by atoms with Crippen LogP contribution in [0, 0.1) is 6.92 Å². The number of aryl methyl sites for hydroxylation is 1. The number of aromatic nitrogens is 4. The predicted molar refractivity (Wildman–Crippen MR) is 143 cm³/mol. The van der Waals surface area contributed by atoms with E-state index in [9.17, 15) is 0 Å². The summed E-state index contributed by atoms with van der Waals surface area (Å²) in [6, 6.07) is 19.3. The number of nitrogens with two attached hydrogens (primary N) is 1. The van der Waals surface area contributed by atoms with Gasteiger partial charge in [0.05, 0.1) is 16.6 Å². The highest BCUT2D eigenvalue weighted by Gasteiger charge is 2.25. The minimum absolute atomic E-state index is 0.409. The lowest BCUT2D eigenvalue weighted by Crippen LogP contribution is -2.34. The highest BCUT2D eigenvalue weighted by molar-refractivity contribution is 6.03. The molecular weight excluding hydrogens is 432 g/mol. The predicted octanol–water partition coefficient (Wildman–Crippen LogP) is 5.86. The van der Waals surface area contributed by atoms with Crippen LogP contribution in [0.1, 0.15) is 31.4 Å². The average molecular weight is 463 g/mol. The van der Waals surface area contributed by atoms with E-state index < -0.39 is 0 Å². The molecule has 1 saturated heterocycles. The lowest BCUT2D eigenvalue weighted by atomic mass is 9.97. The highest BCUT2D eigenvalue weighted by Crippen LogP contribution is 2.39. The summed E-state index contributed by atoms with van der Waals surface area (Å²) in [4.78, 5) is 16.6. The molecule has 0 bridgehead atoms. The van der Waals surface area contributed by atoms with Crippen LogP contribution in [0.3, 0.4) is 0 Å². The molecule has 0 aliphatic carbocycles. The van der Waals surface area contributed by atoms with E-state index in [1.807, 2.05) is 18.2 Å². The van der Waals surface area contributed by atoms with Gasteiger partial charge in [0.15, 0.2) is 0 Å². The molecule has 2 N–H and O–H groups in total. The van der Waals surface area contributed by atoms with Crippen molar-refractivity contribution in [3.63, 3.8) is 0 Å². The maximum Gasteiger partial charge on any atom is 0.146 e. The van der Waals surface area contributed by atoms with Crippen LogP contribution in [0.5, 0.6) is 0 Å². The Morgan fingerprint density at radius 2 is 1.71 bits per heavy atom. The fourth-order valence-corrected chi connectivity index (χ4v) is 5.50. The van der Waals surface area contributed by atoms with Crippen LogP contribution in [-0.2, 0) is 0 Å². The molecule has 6 nitrogen and oxygen atoms in total. The Morgan fingerprint density at radius 1 is 0.943 bits per heavy atom. The zero-order chi connectivity index (χ0) is 23.9. The lowest BCUT2D eigenvalue weighted by molar-refractivity contribution is 0.196. The van der Waals surface area contributed by atoms with Crippen molar-refractivity contribution in [2.24, 2.45) is 0 Å². The first-order valence-electron chi connectivity index (χ1n) is 12.4. The number of anilines is 1. The van der Waals surface area contributed by atoms with Gasteiger partial charge in [-0.3, -0.25) is 0 Å². The van der Waals surface area contributed by atoms with Crippen LogP contribution in [0.4, 0.5) is 5.82 Å². The van der Waals surface area contributed by atoms with Gasteiger partial charge in [-0.2, -0.15) is 0 Å². The van der Waals surface area contributed by atoms with E-state index in [1.54, 1.807) is 6.33 Å². The second-order valence-electron chi connectivity index (χ2n) is 9.45. The van der Waals surface area contributed by atoms with E-state index in [2.05, 4.69) is 70.9 Å². The van der Waals surface area contributed by atoms with E-state index in [0.717, 1.165) is 82.4 Å². The number of nitrogen functional groups attached to an aromatic ring is 1. The summed E-state index contributed by atoms with van der Waals surface area (Å²) in [5, 5.41) is 2.07. The molecule has 0 unspecified atom stereocenters. The Kier molecular flexibility index (Phi) is 5.46. The molecule has 1 fully saturated rings. The van der Waals surface area contributed by atoms with Gasteiger partial charge in [-0.25, -0.2) is 15.0 Å². The first kappa shape index (κ1) is 21.7. The molecule has 2 aromatic carbocycles. The van der Waals surface area contributed by atoms with Gasteiger partial charge in [0.25, 0.3) is 0 Å². The molecule has 0 spiro atoms. The summed E-state index contributed by atoms with van der Waals surface area (Å²) in [5.74, 6) is 0.528. The van der Waals surface area contributed by atoms with E-state index in [-0.39, 0.29) is 0 Å². The maximum absolute atomic E-state index is 6.46. The minimum Gasteiger partial charge on any atom is -0.383 e. The molecule has 6 heteroatoms. The molecule has 0 amide bonds. The van der Waals surface area contributed by atoms with Crippen molar-refractivity contribution < 1.29 is 0 Å². The Morgan fingerprint density at radius 3 is 2.49 bits per heavy atom. The van der Waals surface area contributed by atoms with Crippen LogP contribution in [-0.4, -0.2) is 44.1 Å². The molecule has 0 atom stereocenters. The number of hydrogen-bond donors (Lipinski definition) is 1. The zero-order valence-corrected chi connectivity index (χ0v) is 20.3. The molecule has 0 radical (unpaired) electrons. The molecule has 3 aromatic heterocycles. The number of piperidine rings is 1. The number of pyridine rings is 1. The summed E-state index contributed by atoms with van der Waals surface area (Å²) >= 11 is 0. The third-order valence-electron chi connectivity index (χ3n) is 7.51. The normalized spacial score (nSPS) is 15.3. The topological polar surface area (TPSA) is 72.9 Å². The molecule has 35 heavy (non-hydrogen) atoms. The summed E-state index contributed by atoms with van der Waals surface area (Å²) in [5.41, 5.74) is 13.8. The van der Waals surface area contributed by atoms with Gasteiger partial charge in [-0.05, 0) is 43.5 Å². The quantitative estimate of drug-likeness (QED) is 0.362. The highest BCUT2D eigenvalue weighted by atomic mass is 15.2. The first-order chi connectivity index (χ1) is 17.1. The van der Waals surface area contributed by atoms with Gasteiger partial charge < -0.3 is 15.2 Å². The van der Waals surface area contributed by atoms with E-state index >= 15 is 0 Å². The Bertz CT molecular complexity index is 1510. The van der Waals surface area contributed by atoms with Crippen molar-refractivity contribution in [1.82, 2.24) is 24.4 Å². The SMILES string of the molecule is CCN1CCC(n2cc(-c3ccc4ccc(-c5ccccc5)nc4c3C)c3c(N)ncnc32)CC1. The van der Waals surface area contributed by atoms with Crippen molar-refractivity contribution in [3.05, 3.63) is 72.7 Å². The van der Waals surface area contributed by atoms with Crippen molar-refractivity contribution in [2.75, 3.05) is 25.4 Å². The van der Waals surface area contributed by atoms with Crippen molar-refractivity contribution in [3.8, 4) is 22.4 Å². The number of nitrogens with zero attached hydrogens (tertiary/aromatic N) is 5. The third kappa shape index (κ3) is 3.74. The second-order valence-corrected chi connectivity index (χ2v) is 9.45. The monoisotopic (exact) mass is 462 g/mol. The summed E-state index contributed by atoms with van der Waals surface area (Å²) in [6.07, 6.45) is 6.05. The Balaban J connectivity index is 1.50. The molecular formula is C29H30N6. The van der Waals surface area contributed by atoms with Gasteiger partial charge in [0.2, 0.25) is 0 Å². The number of likely N-dealkylation sites (tertiary alicyclic amines) is 1. The minimum atomic E-state index is 0.409. The van der Waals surface area contributed by atoms with Crippen LogP contribution in [0.25, 0.3) is 44.3 Å². The molecule has 1 aliphatic rings. The molecule has 4 heterocycles. The number of fused-ring (bicyclic) bond motifs is 2. The number of rotatable bonds is 4. The first-order valence-corrected chi connectivity index (χ1v) is 12.4. The van der Waals surface area contributed by atoms with E-state index in [0.29, 0.717) is 11.9 Å². The standard InChI is InChI=1S/C29H30N6/c1-3-34-15-13-22(14-16-34)35-17-24(26-28(30)31-18-32-29(26)35)23-11-9-21-10-12-25(33-27(21)19(23)2)20-7-5-4-6-8-20/h4-12,17-18,22H,3,13-16H2,1-2H3,(H2,30,31,32). The summed E-state index contributed by atoms with van der Waals surface area (Å²) in [6.45, 7) is 7.71. The van der Waals surface area contributed by atoms with Crippen molar-refractivity contribution in [2.45, 2.75) is 32.7 Å². The van der Waals surface area contributed by atoms with Gasteiger partial charge in [-0.1, -0.05) is 55.5 Å². The van der Waals surface area contributed by atoms with Gasteiger partial charge in [0, 0.05) is 41.8 Å². The van der Waals surface area contributed by atoms with Crippen LogP contribution in [0.15, 0.2) is 67.1 Å². The lowest BCUT2D eigenvalue weighted by Gasteiger charge is -2.32. The zero-order valence-electron chi connectivity index (χ0n) is 20.3. The van der Waals surface area contributed by atoms with Crippen molar-refractivity contribution in [1.29, 1.82) is 0 Å². The number of hydrogen-bond acceptors (Lipinski definition) is 5. The molecule has 6 rings (SSSR count). The second kappa shape index (κ2) is 8.78. The summed E-state index contributed by atoms with van der Waals surface area (Å²) in [7, 11) is 0. The van der Waals surface area contributed by atoms with E-state index in [1.165, 1.54) is 0 Å². The largest absolute Gasteiger partial charge is 0.383 e. The molecule has 176 valence electrons. The fraction of sp³-hybridized carbons (Fsp3) is 0.276.